The Morgan fingerprint density at radius 2 is 2.12 bits per heavy atom. The summed E-state index contributed by atoms with van der Waals surface area (Å²) < 4.78 is 15.9. The van der Waals surface area contributed by atoms with Crippen LogP contribution in [0.4, 0.5) is 4.39 Å². The van der Waals surface area contributed by atoms with E-state index in [0.29, 0.717) is 25.2 Å². The quantitative estimate of drug-likeness (QED) is 0.793. The van der Waals surface area contributed by atoms with Crippen LogP contribution in [0.2, 0.25) is 0 Å². The number of imidazole rings is 1. The number of nitrogens with zero attached hydrogens (tertiary/aromatic N) is 4. The first kappa shape index (κ1) is 16.1. The third kappa shape index (κ3) is 2.41. The second-order valence-corrected chi connectivity index (χ2v) is 7.27. The lowest BCUT2D eigenvalue weighted by molar-refractivity contribution is -0.143. The van der Waals surface area contributed by atoms with Crippen LogP contribution in [0.25, 0.3) is 5.65 Å². The molecule has 1 spiro atoms. The molecule has 0 saturated carbocycles. The summed E-state index contributed by atoms with van der Waals surface area (Å²) in [5.41, 5.74) is 0.699. The van der Waals surface area contributed by atoms with Gasteiger partial charge in [0.25, 0.3) is 5.91 Å². The van der Waals surface area contributed by atoms with Crippen LogP contribution in [0.15, 0.2) is 18.3 Å². The van der Waals surface area contributed by atoms with Gasteiger partial charge in [-0.1, -0.05) is 0 Å². The van der Waals surface area contributed by atoms with Crippen molar-refractivity contribution in [3.63, 3.8) is 0 Å². The first-order valence-corrected chi connectivity index (χ1v) is 8.60. The molecule has 4 heterocycles. The predicted octanol–water partition coefficient (Wildman–Crippen LogP) is 1.87. The Morgan fingerprint density at radius 3 is 2.92 bits per heavy atom. The van der Waals surface area contributed by atoms with Crippen LogP contribution in [0, 0.1) is 18.3 Å². The van der Waals surface area contributed by atoms with Crippen molar-refractivity contribution in [1.29, 1.82) is 0 Å². The molecule has 0 N–H and O–H groups in total. The fraction of sp³-hybridized carbons (Fsp3) is 0.500. The molecule has 4 rings (SSSR count). The number of aryl methyl sites for hydroxylation is 1. The zero-order valence-electron chi connectivity index (χ0n) is 14.5. The predicted molar refractivity (Wildman–Crippen MR) is 89.7 cm³/mol. The van der Waals surface area contributed by atoms with E-state index in [4.69, 9.17) is 0 Å². The van der Waals surface area contributed by atoms with E-state index in [0.717, 1.165) is 24.9 Å². The molecule has 132 valence electrons. The molecule has 0 aromatic carbocycles. The number of likely N-dealkylation sites (tertiary alicyclic amines) is 2. The molecule has 2 aliphatic heterocycles. The maximum Gasteiger partial charge on any atom is 0.277 e. The highest BCUT2D eigenvalue weighted by atomic mass is 19.1. The normalized spacial score (nSPS) is 23.9. The van der Waals surface area contributed by atoms with Crippen molar-refractivity contribution in [1.82, 2.24) is 19.2 Å². The molecule has 2 aliphatic rings. The number of halogens is 1. The molecule has 0 radical (unpaired) electrons. The third-order valence-corrected chi connectivity index (χ3v) is 5.52. The number of carbonyl (C=O) groups excluding carboxylic acids is 2. The van der Waals surface area contributed by atoms with E-state index in [2.05, 4.69) is 4.98 Å². The number of rotatable bonds is 1. The SMILES string of the molecule is Cc1ccn2c(F)c(C(=O)N3CC[C@@]4(CCCN(C)C4=O)C3)nc2c1. The van der Waals surface area contributed by atoms with E-state index in [-0.39, 0.29) is 11.6 Å². The monoisotopic (exact) mass is 344 g/mol. The summed E-state index contributed by atoms with van der Waals surface area (Å²) in [4.78, 5) is 32.9. The third-order valence-electron chi connectivity index (χ3n) is 5.52. The second kappa shape index (κ2) is 5.54. The van der Waals surface area contributed by atoms with E-state index in [1.54, 1.807) is 35.2 Å². The van der Waals surface area contributed by atoms with Gasteiger partial charge in [0.15, 0.2) is 5.69 Å². The van der Waals surface area contributed by atoms with Crippen LogP contribution in [0.1, 0.15) is 35.3 Å². The summed E-state index contributed by atoms with van der Waals surface area (Å²) in [5.74, 6) is -0.982. The smallest absolute Gasteiger partial charge is 0.277 e. The van der Waals surface area contributed by atoms with Crippen LogP contribution < -0.4 is 0 Å². The zero-order valence-corrected chi connectivity index (χ0v) is 14.5. The van der Waals surface area contributed by atoms with Crippen molar-refractivity contribution in [2.75, 3.05) is 26.7 Å². The van der Waals surface area contributed by atoms with Gasteiger partial charge in [0, 0.05) is 32.9 Å². The van der Waals surface area contributed by atoms with Gasteiger partial charge in [-0.05, 0) is 43.9 Å². The Labute approximate surface area is 145 Å². The second-order valence-electron chi connectivity index (χ2n) is 7.27. The fourth-order valence-electron chi connectivity index (χ4n) is 4.09. The average Bonchev–Trinajstić information content (AvgIpc) is 3.15. The molecule has 2 aromatic heterocycles. The molecule has 6 nitrogen and oxygen atoms in total. The van der Waals surface area contributed by atoms with Crippen molar-refractivity contribution in [2.45, 2.75) is 26.2 Å². The van der Waals surface area contributed by atoms with Gasteiger partial charge in [0.05, 0.1) is 5.41 Å². The molecular formula is C18H21FN4O2. The Bertz CT molecular complexity index is 877. The molecule has 2 saturated heterocycles. The Morgan fingerprint density at radius 1 is 1.32 bits per heavy atom. The summed E-state index contributed by atoms with van der Waals surface area (Å²) in [6.45, 7) is 3.46. The van der Waals surface area contributed by atoms with Crippen LogP contribution >= 0.6 is 0 Å². The number of aromatic nitrogens is 2. The van der Waals surface area contributed by atoms with Gasteiger partial charge >= 0.3 is 0 Å². The van der Waals surface area contributed by atoms with Gasteiger partial charge < -0.3 is 9.80 Å². The van der Waals surface area contributed by atoms with Gasteiger partial charge in [-0.3, -0.25) is 14.0 Å². The highest BCUT2D eigenvalue weighted by molar-refractivity contribution is 5.94. The Kier molecular flexibility index (Phi) is 3.56. The first-order valence-electron chi connectivity index (χ1n) is 8.60. The zero-order chi connectivity index (χ0) is 17.8. The highest BCUT2D eigenvalue weighted by Crippen LogP contribution is 2.40. The van der Waals surface area contributed by atoms with Crippen LogP contribution in [0.3, 0.4) is 0 Å². The summed E-state index contributed by atoms with van der Waals surface area (Å²) in [6.07, 6.45) is 3.93. The average molecular weight is 344 g/mol. The van der Waals surface area contributed by atoms with Gasteiger partial charge in [-0.25, -0.2) is 4.98 Å². The number of fused-ring (bicyclic) bond motifs is 1. The molecule has 2 amide bonds. The maximum absolute atomic E-state index is 14.6. The van der Waals surface area contributed by atoms with Gasteiger partial charge in [-0.2, -0.15) is 4.39 Å². The minimum absolute atomic E-state index is 0.0974. The van der Waals surface area contributed by atoms with Crippen LogP contribution in [0.5, 0.6) is 0 Å². The van der Waals surface area contributed by atoms with E-state index < -0.39 is 17.3 Å². The minimum Gasteiger partial charge on any atom is -0.345 e. The highest BCUT2D eigenvalue weighted by Gasteiger charge is 2.49. The number of hydrogen-bond acceptors (Lipinski definition) is 3. The van der Waals surface area contributed by atoms with Crippen molar-refractivity contribution >= 4 is 17.5 Å². The topological polar surface area (TPSA) is 57.9 Å². The molecule has 2 fully saturated rings. The lowest BCUT2D eigenvalue weighted by Crippen LogP contribution is -2.48. The standard InChI is InChI=1S/C18H21FN4O2/c1-12-4-8-23-13(10-12)20-14(15(23)19)16(24)22-9-6-18(11-22)5-3-7-21(2)17(18)25/h4,8,10H,3,5-7,9,11H2,1-2H3/t18-/m0/s1. The molecule has 0 aliphatic carbocycles. The molecule has 7 heteroatoms. The largest absolute Gasteiger partial charge is 0.345 e. The molecule has 2 aromatic rings. The van der Waals surface area contributed by atoms with E-state index in [1.165, 1.54) is 4.40 Å². The lowest BCUT2D eigenvalue weighted by atomic mass is 9.78. The summed E-state index contributed by atoms with van der Waals surface area (Å²) in [6, 6.07) is 3.51. The molecule has 0 unspecified atom stereocenters. The Hall–Kier alpha value is -2.44. The molecule has 25 heavy (non-hydrogen) atoms. The van der Waals surface area contributed by atoms with E-state index >= 15 is 0 Å². The van der Waals surface area contributed by atoms with Gasteiger partial charge in [0.1, 0.15) is 5.65 Å². The summed E-state index contributed by atoms with van der Waals surface area (Å²) >= 11 is 0. The van der Waals surface area contributed by atoms with Crippen molar-refractivity contribution in [2.24, 2.45) is 5.41 Å². The number of hydrogen-bond donors (Lipinski definition) is 0. The van der Waals surface area contributed by atoms with Gasteiger partial charge in [0.2, 0.25) is 11.9 Å². The van der Waals surface area contributed by atoms with Crippen molar-refractivity contribution < 1.29 is 14.0 Å². The summed E-state index contributed by atoms with van der Waals surface area (Å²) in [7, 11) is 1.80. The number of pyridine rings is 1. The lowest BCUT2D eigenvalue weighted by Gasteiger charge is -2.37. The van der Waals surface area contributed by atoms with E-state index in [1.807, 2.05) is 6.92 Å². The van der Waals surface area contributed by atoms with Gasteiger partial charge in [-0.15, -0.1) is 0 Å². The summed E-state index contributed by atoms with van der Waals surface area (Å²) in [5, 5.41) is 0. The van der Waals surface area contributed by atoms with Crippen LogP contribution in [-0.4, -0.2) is 57.7 Å². The number of carbonyl (C=O) groups is 2. The Balaban J connectivity index is 1.62. The van der Waals surface area contributed by atoms with Crippen molar-refractivity contribution in [3.8, 4) is 0 Å². The van der Waals surface area contributed by atoms with Crippen molar-refractivity contribution in [3.05, 3.63) is 35.5 Å². The van der Waals surface area contributed by atoms with Crippen LogP contribution in [-0.2, 0) is 4.79 Å². The van der Waals surface area contributed by atoms with E-state index in [9.17, 15) is 14.0 Å². The first-order chi connectivity index (χ1) is 11.9. The minimum atomic E-state index is -0.645. The molecule has 1 atom stereocenters. The molecule has 0 bridgehead atoms. The fourth-order valence-corrected chi connectivity index (χ4v) is 4.09. The number of amides is 2. The maximum atomic E-state index is 14.6. The number of piperidine rings is 1. The molecular weight excluding hydrogens is 323 g/mol.